The molecule has 0 bridgehead atoms. The molecule has 0 aliphatic heterocycles. The minimum atomic E-state index is -3.79. The third-order valence-electron chi connectivity index (χ3n) is 5.03. The largest absolute Gasteiger partial charge is 0.496 e. The molecular formula is C24H27N3O5S2. The van der Waals surface area contributed by atoms with Crippen molar-refractivity contribution in [3.8, 4) is 27.3 Å². The Morgan fingerprint density at radius 3 is 2.24 bits per heavy atom. The van der Waals surface area contributed by atoms with Crippen molar-refractivity contribution in [1.29, 1.82) is 0 Å². The van der Waals surface area contributed by atoms with Crippen LogP contribution in [-0.4, -0.2) is 66.0 Å². The molecule has 0 aliphatic carbocycles. The highest BCUT2D eigenvalue weighted by Crippen LogP contribution is 2.39. The van der Waals surface area contributed by atoms with Gasteiger partial charge in [0.2, 0.25) is 0 Å². The van der Waals surface area contributed by atoms with Crippen molar-refractivity contribution in [1.82, 2.24) is 9.96 Å². The number of rotatable bonds is 8. The summed E-state index contributed by atoms with van der Waals surface area (Å²) < 4.78 is 34.1. The predicted molar refractivity (Wildman–Crippen MR) is 135 cm³/mol. The Bertz CT molecular complexity index is 1310. The molecule has 34 heavy (non-hydrogen) atoms. The molecule has 0 radical (unpaired) electrons. The molecule has 0 atom stereocenters. The number of carbonyl (C=O) groups excluding carboxylic acids is 1. The molecule has 180 valence electrons. The van der Waals surface area contributed by atoms with E-state index in [0.29, 0.717) is 10.6 Å². The lowest BCUT2D eigenvalue weighted by molar-refractivity contribution is -0.0753. The average molecular weight is 502 g/mol. The minimum absolute atomic E-state index is 0.101. The summed E-state index contributed by atoms with van der Waals surface area (Å²) >= 11 is 1.38. The lowest BCUT2D eigenvalue weighted by atomic mass is 10.0. The highest BCUT2D eigenvalue weighted by molar-refractivity contribution is 7.90. The van der Waals surface area contributed by atoms with Crippen LogP contribution < -0.4 is 4.74 Å². The summed E-state index contributed by atoms with van der Waals surface area (Å²) in [6.45, 7) is 1.95. The molecule has 2 aromatic carbocycles. The number of methoxy groups -OCH3 is 1. The molecule has 8 nitrogen and oxygen atoms in total. The number of thiophene rings is 1. The van der Waals surface area contributed by atoms with Gasteiger partial charge in [0.05, 0.1) is 24.0 Å². The zero-order chi connectivity index (χ0) is 25.0. The number of amides is 1. The van der Waals surface area contributed by atoms with Crippen LogP contribution in [-0.2, 0) is 14.9 Å². The van der Waals surface area contributed by atoms with E-state index in [1.165, 1.54) is 42.0 Å². The fourth-order valence-electron chi connectivity index (χ4n) is 3.21. The summed E-state index contributed by atoms with van der Waals surface area (Å²) in [6, 6.07) is 14.1. The lowest BCUT2D eigenvalue weighted by Gasteiger charge is -2.12. The molecule has 0 fully saturated rings. The second kappa shape index (κ2) is 10.4. The SMILES string of the molecule is COc1ccc(-c2sc(C(=O)N(C)OC)cc2C)cc1-c1ccc(S(=O)(=O)/N=C/N(C)C)cc1. The van der Waals surface area contributed by atoms with Crippen LogP contribution in [0.4, 0.5) is 0 Å². The van der Waals surface area contributed by atoms with Gasteiger partial charge < -0.3 is 9.64 Å². The monoisotopic (exact) mass is 501 g/mol. The Morgan fingerprint density at radius 1 is 1.00 bits per heavy atom. The van der Waals surface area contributed by atoms with Crippen molar-refractivity contribution in [2.24, 2.45) is 4.40 Å². The van der Waals surface area contributed by atoms with Crippen LogP contribution in [0.5, 0.6) is 5.75 Å². The van der Waals surface area contributed by atoms with Gasteiger partial charge in [-0.3, -0.25) is 9.63 Å². The zero-order valence-electron chi connectivity index (χ0n) is 19.9. The molecule has 0 spiro atoms. The summed E-state index contributed by atoms with van der Waals surface area (Å²) in [5, 5.41) is 1.19. The van der Waals surface area contributed by atoms with Crippen molar-refractivity contribution in [3.63, 3.8) is 0 Å². The van der Waals surface area contributed by atoms with Gasteiger partial charge in [0.1, 0.15) is 12.1 Å². The third kappa shape index (κ3) is 5.46. The Labute approximate surface area is 204 Å². The van der Waals surface area contributed by atoms with Crippen molar-refractivity contribution in [3.05, 3.63) is 59.0 Å². The molecule has 0 aliphatic rings. The maximum atomic E-state index is 12.5. The van der Waals surface area contributed by atoms with Gasteiger partial charge in [-0.2, -0.15) is 8.42 Å². The molecule has 0 saturated heterocycles. The zero-order valence-corrected chi connectivity index (χ0v) is 21.5. The summed E-state index contributed by atoms with van der Waals surface area (Å²) in [5.74, 6) is 0.430. The van der Waals surface area contributed by atoms with E-state index < -0.39 is 10.0 Å². The van der Waals surface area contributed by atoms with E-state index in [9.17, 15) is 13.2 Å². The Kier molecular flexibility index (Phi) is 7.75. The van der Waals surface area contributed by atoms with Crippen LogP contribution in [0.2, 0.25) is 0 Å². The van der Waals surface area contributed by atoms with Gasteiger partial charge in [-0.05, 0) is 60.0 Å². The quantitative estimate of drug-likeness (QED) is 0.260. The number of benzene rings is 2. The average Bonchev–Trinajstić information content (AvgIpc) is 3.23. The van der Waals surface area contributed by atoms with Crippen molar-refractivity contribution < 1.29 is 22.8 Å². The molecule has 0 saturated carbocycles. The standard InChI is InChI=1S/C24H27N3O5S2/c1-16-13-22(24(28)27(4)32-6)33-23(16)18-9-12-21(31-5)20(14-18)17-7-10-19(11-8-17)34(29,30)25-15-26(2)3/h7-15H,1-6H3/b25-15+. The topological polar surface area (TPSA) is 88.5 Å². The highest BCUT2D eigenvalue weighted by Gasteiger charge is 2.19. The Morgan fingerprint density at radius 2 is 1.65 bits per heavy atom. The van der Waals surface area contributed by atoms with E-state index in [4.69, 9.17) is 9.57 Å². The van der Waals surface area contributed by atoms with Crippen molar-refractivity contribution in [2.75, 3.05) is 35.4 Å². The van der Waals surface area contributed by atoms with Gasteiger partial charge in [0.25, 0.3) is 15.9 Å². The molecule has 3 rings (SSSR count). The Hall–Kier alpha value is -3.21. The van der Waals surface area contributed by atoms with Crippen molar-refractivity contribution in [2.45, 2.75) is 11.8 Å². The van der Waals surface area contributed by atoms with E-state index in [1.807, 2.05) is 31.2 Å². The van der Waals surface area contributed by atoms with Crippen LogP contribution in [0.15, 0.2) is 57.8 Å². The maximum absolute atomic E-state index is 12.5. The molecule has 0 N–H and O–H groups in total. The fourth-order valence-corrected chi connectivity index (χ4v) is 5.26. The first-order valence-corrected chi connectivity index (χ1v) is 12.5. The van der Waals surface area contributed by atoms with Crippen LogP contribution in [0.25, 0.3) is 21.6 Å². The molecule has 1 amide bonds. The summed E-state index contributed by atoms with van der Waals surface area (Å²) in [5.41, 5.74) is 3.48. The number of hydrogen-bond acceptors (Lipinski definition) is 6. The third-order valence-corrected chi connectivity index (χ3v) is 7.54. The minimum Gasteiger partial charge on any atom is -0.496 e. The first kappa shape index (κ1) is 25.4. The van der Waals surface area contributed by atoms with Gasteiger partial charge in [-0.15, -0.1) is 15.7 Å². The Balaban J connectivity index is 2.00. The van der Waals surface area contributed by atoms with E-state index >= 15 is 0 Å². The second-order valence-electron chi connectivity index (χ2n) is 7.71. The summed E-state index contributed by atoms with van der Waals surface area (Å²) in [6.07, 6.45) is 1.25. The van der Waals surface area contributed by atoms with Crippen LogP contribution in [0, 0.1) is 6.92 Å². The first-order valence-electron chi connectivity index (χ1n) is 10.3. The van der Waals surface area contributed by atoms with E-state index in [-0.39, 0.29) is 10.8 Å². The smallest absolute Gasteiger partial charge is 0.287 e. The lowest BCUT2D eigenvalue weighted by Crippen LogP contribution is -2.24. The number of carbonyl (C=O) groups is 1. The fraction of sp³-hybridized carbons (Fsp3) is 0.250. The van der Waals surface area contributed by atoms with Crippen LogP contribution in [0.1, 0.15) is 15.2 Å². The molecule has 0 unspecified atom stereocenters. The van der Waals surface area contributed by atoms with Gasteiger partial charge in [0, 0.05) is 31.6 Å². The number of hydroxylamine groups is 2. The van der Waals surface area contributed by atoms with E-state index in [1.54, 1.807) is 45.3 Å². The van der Waals surface area contributed by atoms with Gasteiger partial charge in [-0.25, -0.2) is 5.06 Å². The van der Waals surface area contributed by atoms with Gasteiger partial charge in [0.15, 0.2) is 0 Å². The van der Waals surface area contributed by atoms with Crippen LogP contribution >= 0.6 is 11.3 Å². The maximum Gasteiger partial charge on any atom is 0.287 e. The summed E-state index contributed by atoms with van der Waals surface area (Å²) in [7, 11) is 4.21. The molecular weight excluding hydrogens is 474 g/mol. The van der Waals surface area contributed by atoms with E-state index in [2.05, 4.69) is 4.40 Å². The van der Waals surface area contributed by atoms with E-state index in [0.717, 1.165) is 27.1 Å². The number of nitrogens with zero attached hydrogens (tertiary/aromatic N) is 3. The molecule has 3 aromatic rings. The number of ether oxygens (including phenoxy) is 1. The first-order chi connectivity index (χ1) is 16.1. The van der Waals surface area contributed by atoms with Crippen LogP contribution in [0.3, 0.4) is 0 Å². The molecule has 1 aromatic heterocycles. The number of aryl methyl sites for hydroxylation is 1. The predicted octanol–water partition coefficient (Wildman–Crippen LogP) is 4.31. The highest BCUT2D eigenvalue weighted by atomic mass is 32.2. The number of hydrogen-bond donors (Lipinski definition) is 0. The van der Waals surface area contributed by atoms with Gasteiger partial charge in [-0.1, -0.05) is 12.1 Å². The molecule has 1 heterocycles. The molecule has 10 heteroatoms. The second-order valence-corrected chi connectivity index (χ2v) is 10.4. The summed E-state index contributed by atoms with van der Waals surface area (Å²) in [4.78, 5) is 20.7. The normalized spacial score (nSPS) is 11.6. The van der Waals surface area contributed by atoms with Gasteiger partial charge >= 0.3 is 0 Å². The van der Waals surface area contributed by atoms with Crippen molar-refractivity contribution >= 4 is 33.6 Å². The number of sulfonamides is 1.